The number of ether oxygens (including phenoxy) is 1. The van der Waals surface area contributed by atoms with Crippen molar-refractivity contribution in [2.45, 2.75) is 46.1 Å². The second-order valence-electron chi connectivity index (χ2n) is 4.20. The molecule has 0 amide bonds. The van der Waals surface area contributed by atoms with E-state index >= 15 is 0 Å². The quantitative estimate of drug-likeness (QED) is 0.781. The lowest BCUT2D eigenvalue weighted by Gasteiger charge is -2.16. The van der Waals surface area contributed by atoms with E-state index in [4.69, 9.17) is 4.74 Å². The number of methoxy groups -OCH3 is 1. The predicted molar refractivity (Wildman–Crippen MR) is 64.3 cm³/mol. The maximum atomic E-state index is 12.2. The van der Waals surface area contributed by atoms with Gasteiger partial charge in [0.25, 0.3) is 5.56 Å². The van der Waals surface area contributed by atoms with Crippen LogP contribution in [0.5, 0.6) is 5.75 Å². The lowest BCUT2D eigenvalue weighted by Crippen LogP contribution is -2.25. The number of aromatic nitrogens is 1. The van der Waals surface area contributed by atoms with Crippen LogP contribution < -0.4 is 10.3 Å². The molecule has 0 N–H and O–H groups in total. The monoisotopic (exact) mass is 221 g/mol. The molecule has 0 unspecified atom stereocenters. The predicted octanol–water partition coefficient (Wildman–Crippen LogP) is 1.93. The molecule has 1 aliphatic rings. The Labute approximate surface area is 96.0 Å². The zero-order chi connectivity index (χ0) is 11.7. The largest absolute Gasteiger partial charge is 0.495 e. The van der Waals surface area contributed by atoms with E-state index in [2.05, 4.69) is 6.92 Å². The van der Waals surface area contributed by atoms with Gasteiger partial charge in [-0.3, -0.25) is 4.79 Å². The number of rotatable bonds is 3. The summed E-state index contributed by atoms with van der Waals surface area (Å²) in [5.41, 5.74) is 3.35. The van der Waals surface area contributed by atoms with Gasteiger partial charge in [-0.05, 0) is 25.7 Å². The number of hydrogen-bond donors (Lipinski definition) is 0. The Balaban J connectivity index is 2.78. The third kappa shape index (κ3) is 1.46. The average molecular weight is 221 g/mol. The van der Waals surface area contributed by atoms with Crippen LogP contribution in [0, 0.1) is 0 Å². The first-order valence-corrected chi connectivity index (χ1v) is 6.05. The molecule has 1 aromatic rings. The van der Waals surface area contributed by atoms with Gasteiger partial charge in [-0.15, -0.1) is 0 Å². The SMILES string of the molecule is CCc1c(OC)c2n(c(=O)c1CC)CCC2. The maximum absolute atomic E-state index is 12.2. The van der Waals surface area contributed by atoms with Gasteiger partial charge in [0.15, 0.2) is 0 Å². The Hall–Kier alpha value is -1.25. The molecule has 0 spiro atoms. The van der Waals surface area contributed by atoms with Gasteiger partial charge < -0.3 is 9.30 Å². The summed E-state index contributed by atoms with van der Waals surface area (Å²) in [6.45, 7) is 4.97. The third-order valence-corrected chi connectivity index (χ3v) is 3.44. The lowest BCUT2D eigenvalue weighted by molar-refractivity contribution is 0.399. The van der Waals surface area contributed by atoms with Crippen molar-refractivity contribution in [3.63, 3.8) is 0 Å². The van der Waals surface area contributed by atoms with Gasteiger partial charge in [0, 0.05) is 17.7 Å². The van der Waals surface area contributed by atoms with Crippen molar-refractivity contribution in [1.82, 2.24) is 4.57 Å². The summed E-state index contributed by atoms with van der Waals surface area (Å²) in [6, 6.07) is 0. The molecule has 0 radical (unpaired) electrons. The van der Waals surface area contributed by atoms with Crippen LogP contribution >= 0.6 is 0 Å². The topological polar surface area (TPSA) is 31.2 Å². The number of pyridine rings is 1. The van der Waals surface area contributed by atoms with Gasteiger partial charge in [0.1, 0.15) is 5.75 Å². The summed E-state index contributed by atoms with van der Waals surface area (Å²) < 4.78 is 7.42. The molecule has 3 heteroatoms. The molecule has 88 valence electrons. The molecule has 1 aliphatic heterocycles. The Morgan fingerprint density at radius 2 is 1.94 bits per heavy atom. The summed E-state index contributed by atoms with van der Waals surface area (Å²) in [6.07, 6.45) is 3.69. The second kappa shape index (κ2) is 4.32. The number of fused-ring (bicyclic) bond motifs is 1. The fourth-order valence-corrected chi connectivity index (χ4v) is 2.72. The van der Waals surface area contributed by atoms with Crippen LogP contribution in [0.4, 0.5) is 0 Å². The molecule has 0 aliphatic carbocycles. The van der Waals surface area contributed by atoms with Crippen LogP contribution in [-0.2, 0) is 25.8 Å². The first kappa shape index (κ1) is 11.2. The van der Waals surface area contributed by atoms with Crippen LogP contribution in [0.15, 0.2) is 4.79 Å². The molecule has 16 heavy (non-hydrogen) atoms. The summed E-state index contributed by atoms with van der Waals surface area (Å²) in [5.74, 6) is 0.955. The van der Waals surface area contributed by atoms with Gasteiger partial charge in [0.2, 0.25) is 0 Å². The molecule has 3 nitrogen and oxygen atoms in total. The maximum Gasteiger partial charge on any atom is 0.254 e. The smallest absolute Gasteiger partial charge is 0.254 e. The van der Waals surface area contributed by atoms with Crippen molar-refractivity contribution in [3.8, 4) is 5.75 Å². The minimum Gasteiger partial charge on any atom is -0.495 e. The fourth-order valence-electron chi connectivity index (χ4n) is 2.72. The standard InChI is InChI=1S/C13H19NO2/c1-4-9-10(5-2)13(15)14-8-6-7-11(14)12(9)16-3/h4-8H2,1-3H3. The molecular formula is C13H19NO2. The van der Waals surface area contributed by atoms with E-state index in [1.807, 2.05) is 11.5 Å². The van der Waals surface area contributed by atoms with Crippen LogP contribution in [-0.4, -0.2) is 11.7 Å². The van der Waals surface area contributed by atoms with E-state index in [1.54, 1.807) is 7.11 Å². The number of hydrogen-bond acceptors (Lipinski definition) is 2. The van der Waals surface area contributed by atoms with E-state index in [-0.39, 0.29) is 5.56 Å². The van der Waals surface area contributed by atoms with Crippen LogP contribution in [0.3, 0.4) is 0 Å². The minimum absolute atomic E-state index is 0.202. The molecule has 0 atom stereocenters. The van der Waals surface area contributed by atoms with Gasteiger partial charge in [0.05, 0.1) is 12.8 Å². The highest BCUT2D eigenvalue weighted by molar-refractivity contribution is 5.44. The van der Waals surface area contributed by atoms with Crippen LogP contribution in [0.1, 0.15) is 37.1 Å². The van der Waals surface area contributed by atoms with Crippen molar-refractivity contribution < 1.29 is 4.74 Å². The summed E-state index contributed by atoms with van der Waals surface area (Å²) in [5, 5.41) is 0. The van der Waals surface area contributed by atoms with Crippen molar-refractivity contribution in [2.24, 2.45) is 0 Å². The second-order valence-corrected chi connectivity index (χ2v) is 4.20. The molecule has 0 saturated carbocycles. The van der Waals surface area contributed by atoms with Gasteiger partial charge in [-0.25, -0.2) is 0 Å². The first-order chi connectivity index (χ1) is 7.74. The van der Waals surface area contributed by atoms with Crippen molar-refractivity contribution in [1.29, 1.82) is 0 Å². The van der Waals surface area contributed by atoms with Gasteiger partial charge in [-0.2, -0.15) is 0 Å². The fraction of sp³-hybridized carbons (Fsp3) is 0.615. The average Bonchev–Trinajstić information content (AvgIpc) is 2.77. The molecule has 0 aromatic carbocycles. The van der Waals surface area contributed by atoms with Crippen molar-refractivity contribution >= 4 is 0 Å². The van der Waals surface area contributed by atoms with E-state index in [0.717, 1.165) is 54.8 Å². The minimum atomic E-state index is 0.202. The zero-order valence-corrected chi connectivity index (χ0v) is 10.3. The summed E-state index contributed by atoms with van der Waals surface area (Å²) >= 11 is 0. The molecule has 2 heterocycles. The third-order valence-electron chi connectivity index (χ3n) is 3.44. The van der Waals surface area contributed by atoms with Crippen LogP contribution in [0.25, 0.3) is 0 Å². The van der Waals surface area contributed by atoms with Crippen molar-refractivity contribution in [2.75, 3.05) is 7.11 Å². The lowest BCUT2D eigenvalue weighted by atomic mass is 10.0. The van der Waals surface area contributed by atoms with Crippen LogP contribution in [0.2, 0.25) is 0 Å². The summed E-state index contributed by atoms with van der Waals surface area (Å²) in [7, 11) is 1.71. The zero-order valence-electron chi connectivity index (χ0n) is 10.3. The molecule has 0 bridgehead atoms. The Kier molecular flexibility index (Phi) is 3.03. The first-order valence-electron chi connectivity index (χ1n) is 6.05. The Morgan fingerprint density at radius 1 is 1.25 bits per heavy atom. The van der Waals surface area contributed by atoms with E-state index in [9.17, 15) is 4.79 Å². The highest BCUT2D eigenvalue weighted by Crippen LogP contribution is 2.30. The highest BCUT2D eigenvalue weighted by Gasteiger charge is 2.23. The van der Waals surface area contributed by atoms with Crippen molar-refractivity contribution in [3.05, 3.63) is 27.2 Å². The molecule has 0 saturated heterocycles. The Morgan fingerprint density at radius 3 is 2.50 bits per heavy atom. The molecule has 0 fully saturated rings. The van der Waals surface area contributed by atoms with Gasteiger partial charge in [-0.1, -0.05) is 13.8 Å². The molecule has 1 aromatic heterocycles. The summed E-state index contributed by atoms with van der Waals surface area (Å²) in [4.78, 5) is 12.2. The molecular weight excluding hydrogens is 202 g/mol. The van der Waals surface area contributed by atoms with E-state index in [1.165, 1.54) is 0 Å². The normalized spacial score (nSPS) is 13.9. The highest BCUT2D eigenvalue weighted by atomic mass is 16.5. The number of nitrogens with zero attached hydrogens (tertiary/aromatic N) is 1. The van der Waals surface area contributed by atoms with E-state index in [0.29, 0.717) is 0 Å². The van der Waals surface area contributed by atoms with Gasteiger partial charge >= 0.3 is 0 Å². The van der Waals surface area contributed by atoms with E-state index < -0.39 is 0 Å². The molecule has 2 rings (SSSR count). The Bertz CT molecular complexity index is 460.